The van der Waals surface area contributed by atoms with E-state index in [1.54, 1.807) is 39.0 Å². The van der Waals surface area contributed by atoms with E-state index < -0.39 is 0 Å². The van der Waals surface area contributed by atoms with Crippen molar-refractivity contribution in [1.29, 1.82) is 0 Å². The molecular formula is C53H82. The summed E-state index contributed by atoms with van der Waals surface area (Å²) in [7, 11) is 0. The second-order valence-corrected chi connectivity index (χ2v) is 21.2. The van der Waals surface area contributed by atoms with E-state index >= 15 is 0 Å². The third kappa shape index (κ3) is 7.52. The highest BCUT2D eigenvalue weighted by Crippen LogP contribution is 2.78. The SMILES string of the molecule is CCC(C)=C(CCC=C(C(CC)=C(C)C1C(C)C(C)C1C)C(CC)c1ccc(C2C(C(CCC3CCC3)CC3(C)CCC3)C23CCC3)cc1)C1(C)CC1. The number of hydrogen-bond acceptors (Lipinski definition) is 0. The van der Waals surface area contributed by atoms with Crippen LogP contribution in [0.25, 0.3) is 0 Å². The van der Waals surface area contributed by atoms with Crippen molar-refractivity contribution in [3.8, 4) is 0 Å². The van der Waals surface area contributed by atoms with Crippen molar-refractivity contribution in [2.45, 2.75) is 203 Å². The largest absolute Gasteiger partial charge is 0.0801 e. The van der Waals surface area contributed by atoms with Crippen molar-refractivity contribution < 1.29 is 0 Å². The summed E-state index contributed by atoms with van der Waals surface area (Å²) >= 11 is 0. The van der Waals surface area contributed by atoms with Crippen molar-refractivity contribution in [2.24, 2.45) is 57.7 Å². The van der Waals surface area contributed by atoms with E-state index in [1.165, 1.54) is 116 Å². The molecule has 1 aromatic carbocycles. The Bertz CT molecular complexity index is 1500. The van der Waals surface area contributed by atoms with Gasteiger partial charge in [-0.15, -0.1) is 0 Å². The van der Waals surface area contributed by atoms with Gasteiger partial charge in [-0.05, 0) is 183 Å². The fourth-order valence-electron chi connectivity index (χ4n) is 13.6. The average molecular weight is 719 g/mol. The van der Waals surface area contributed by atoms with Crippen LogP contribution < -0.4 is 0 Å². The van der Waals surface area contributed by atoms with Crippen molar-refractivity contribution in [2.75, 3.05) is 0 Å². The molecule has 0 aromatic heterocycles. The second-order valence-electron chi connectivity index (χ2n) is 21.2. The normalized spacial score (nSPS) is 33.1. The average Bonchev–Trinajstić information content (AvgIpc) is 4.02. The van der Waals surface area contributed by atoms with E-state index in [-0.39, 0.29) is 0 Å². The van der Waals surface area contributed by atoms with Gasteiger partial charge in [0.1, 0.15) is 0 Å². The van der Waals surface area contributed by atoms with Crippen molar-refractivity contribution in [1.82, 2.24) is 0 Å². The van der Waals surface area contributed by atoms with E-state index in [0.717, 1.165) is 53.8 Å². The van der Waals surface area contributed by atoms with E-state index in [1.807, 2.05) is 0 Å². The molecule has 0 radical (unpaired) electrons. The summed E-state index contributed by atoms with van der Waals surface area (Å²) in [6.07, 6.45) is 29.5. The van der Waals surface area contributed by atoms with Gasteiger partial charge in [-0.2, -0.15) is 0 Å². The molecule has 0 saturated heterocycles. The van der Waals surface area contributed by atoms with Crippen LogP contribution in [-0.4, -0.2) is 0 Å². The molecule has 1 aromatic rings. The molecule has 0 heteroatoms. The van der Waals surface area contributed by atoms with E-state index in [2.05, 4.69) is 99.6 Å². The lowest BCUT2D eigenvalue weighted by molar-refractivity contribution is 0.0426. The lowest BCUT2D eigenvalue weighted by Crippen LogP contribution is -2.43. The Balaban J connectivity index is 1.16. The summed E-state index contributed by atoms with van der Waals surface area (Å²) < 4.78 is 0. The minimum atomic E-state index is 0.477. The Morgan fingerprint density at radius 2 is 1.47 bits per heavy atom. The molecule has 294 valence electrons. The van der Waals surface area contributed by atoms with Crippen LogP contribution in [0.5, 0.6) is 0 Å². The smallest absolute Gasteiger partial charge is 0.00862 e. The van der Waals surface area contributed by atoms with E-state index in [4.69, 9.17) is 0 Å². The molecule has 6 unspecified atom stereocenters. The Labute approximate surface area is 328 Å². The summed E-state index contributed by atoms with van der Waals surface area (Å²) in [5.74, 6) is 7.40. The summed E-state index contributed by atoms with van der Waals surface area (Å²) in [5, 5.41) is 0. The van der Waals surface area contributed by atoms with Crippen LogP contribution >= 0.6 is 0 Å². The number of allylic oxidation sites excluding steroid dienone is 6. The van der Waals surface area contributed by atoms with Crippen LogP contribution in [0.3, 0.4) is 0 Å². The monoisotopic (exact) mass is 719 g/mol. The maximum atomic E-state index is 2.75. The number of hydrogen-bond donors (Lipinski definition) is 0. The lowest BCUT2D eigenvalue weighted by Gasteiger charge is -2.49. The molecule has 0 aliphatic heterocycles. The predicted octanol–water partition coefficient (Wildman–Crippen LogP) is 16.3. The first kappa shape index (κ1) is 39.7. The van der Waals surface area contributed by atoms with Crippen LogP contribution in [0.2, 0.25) is 0 Å². The molecular weight excluding hydrogens is 637 g/mol. The molecule has 6 aliphatic rings. The molecule has 53 heavy (non-hydrogen) atoms. The summed E-state index contributed by atoms with van der Waals surface area (Å²) in [5.41, 5.74) is 13.6. The van der Waals surface area contributed by atoms with Crippen LogP contribution in [-0.2, 0) is 0 Å². The third-order valence-corrected chi connectivity index (χ3v) is 18.3. The molecule has 7 rings (SSSR count). The summed E-state index contributed by atoms with van der Waals surface area (Å²) in [6, 6.07) is 10.5. The van der Waals surface area contributed by atoms with Gasteiger partial charge >= 0.3 is 0 Å². The number of rotatable bonds is 18. The molecule has 0 N–H and O–H groups in total. The highest BCUT2D eigenvalue weighted by molar-refractivity contribution is 5.46. The first-order valence-electron chi connectivity index (χ1n) is 23.6. The highest BCUT2D eigenvalue weighted by Gasteiger charge is 2.69. The molecule has 1 spiro atoms. The molecule has 0 amide bonds. The summed E-state index contributed by atoms with van der Waals surface area (Å²) in [4.78, 5) is 0. The Hall–Kier alpha value is -1.56. The molecule has 0 nitrogen and oxygen atoms in total. The molecule has 0 bridgehead atoms. The van der Waals surface area contributed by atoms with Gasteiger partial charge in [0.15, 0.2) is 0 Å². The maximum Gasteiger partial charge on any atom is 0.00862 e. The quantitative estimate of drug-likeness (QED) is 0.105. The molecule has 6 atom stereocenters. The molecule has 0 heterocycles. The van der Waals surface area contributed by atoms with E-state index in [0.29, 0.717) is 22.2 Å². The van der Waals surface area contributed by atoms with E-state index in [9.17, 15) is 0 Å². The molecule has 6 fully saturated rings. The van der Waals surface area contributed by atoms with Gasteiger partial charge in [0.2, 0.25) is 0 Å². The standard InChI is InChI=1S/C53H82/c1-11-35(4)47(52(10)32-33-52)21-15-20-46(44(12-2)39(8)48-37(6)36(5)38(48)7)45(13-3)41-24-26-42(27-25-41)49-50(53(49)30-17-31-53)43(23-22-40-18-14-19-40)34-51(9)28-16-29-51/h20,24-27,36-38,40,43,45,48-50H,11-19,21-23,28-34H2,1-10H3. The topological polar surface area (TPSA) is 0 Å². The Morgan fingerprint density at radius 1 is 0.811 bits per heavy atom. The zero-order chi connectivity index (χ0) is 37.7. The van der Waals surface area contributed by atoms with Crippen LogP contribution in [0, 0.1) is 57.7 Å². The Kier molecular flexibility index (Phi) is 11.8. The highest BCUT2D eigenvalue weighted by atomic mass is 14.7. The van der Waals surface area contributed by atoms with Gasteiger partial charge < -0.3 is 0 Å². The minimum Gasteiger partial charge on any atom is -0.0801 e. The van der Waals surface area contributed by atoms with Gasteiger partial charge in [0.05, 0.1) is 0 Å². The molecule has 6 saturated carbocycles. The van der Waals surface area contributed by atoms with Crippen LogP contribution in [0.15, 0.2) is 58.2 Å². The Morgan fingerprint density at radius 3 is 1.96 bits per heavy atom. The first-order valence-corrected chi connectivity index (χ1v) is 23.6. The van der Waals surface area contributed by atoms with Gasteiger partial charge in [-0.1, -0.05) is 141 Å². The van der Waals surface area contributed by atoms with Crippen molar-refractivity contribution in [3.63, 3.8) is 0 Å². The maximum absolute atomic E-state index is 2.75. The van der Waals surface area contributed by atoms with Gasteiger partial charge in [-0.25, -0.2) is 0 Å². The fourth-order valence-corrected chi connectivity index (χ4v) is 13.6. The fraction of sp³-hybridized carbons (Fsp3) is 0.774. The molecule has 6 aliphatic carbocycles. The predicted molar refractivity (Wildman–Crippen MR) is 230 cm³/mol. The zero-order valence-corrected chi connectivity index (χ0v) is 36.5. The first-order chi connectivity index (χ1) is 25.4. The third-order valence-electron chi connectivity index (χ3n) is 18.3. The van der Waals surface area contributed by atoms with Crippen molar-refractivity contribution in [3.05, 3.63) is 69.3 Å². The lowest BCUT2D eigenvalue weighted by atomic mass is 9.55. The van der Waals surface area contributed by atoms with Gasteiger partial charge in [-0.3, -0.25) is 0 Å². The number of benzene rings is 1. The van der Waals surface area contributed by atoms with Crippen LogP contribution in [0.4, 0.5) is 0 Å². The zero-order valence-electron chi connectivity index (χ0n) is 36.5. The van der Waals surface area contributed by atoms with Gasteiger partial charge in [0.25, 0.3) is 0 Å². The van der Waals surface area contributed by atoms with Gasteiger partial charge in [0, 0.05) is 5.92 Å². The minimum absolute atomic E-state index is 0.477. The van der Waals surface area contributed by atoms with Crippen molar-refractivity contribution >= 4 is 0 Å². The van der Waals surface area contributed by atoms with Crippen LogP contribution in [0.1, 0.15) is 214 Å². The summed E-state index contributed by atoms with van der Waals surface area (Å²) in [6.45, 7) is 25.0. The second kappa shape index (κ2) is 15.8.